The molecule has 0 aromatic carbocycles. The minimum atomic E-state index is -0.188. The van der Waals surface area contributed by atoms with Gasteiger partial charge in [-0.15, -0.1) is 11.3 Å². The van der Waals surface area contributed by atoms with Gasteiger partial charge in [-0.25, -0.2) is 9.97 Å². The van der Waals surface area contributed by atoms with Crippen molar-refractivity contribution >= 4 is 33.3 Å². The maximum absolute atomic E-state index is 11.8. The SMILES string of the molecule is Cc1sc2ncnc(NC3CCCNC3=O)c2c1C. The molecule has 1 saturated heterocycles. The van der Waals surface area contributed by atoms with E-state index in [0.29, 0.717) is 0 Å². The summed E-state index contributed by atoms with van der Waals surface area (Å²) in [4.78, 5) is 22.6. The Morgan fingerprint density at radius 2 is 2.26 bits per heavy atom. The third-order valence-corrected chi connectivity index (χ3v) is 4.68. The molecule has 0 bridgehead atoms. The molecule has 3 heterocycles. The van der Waals surface area contributed by atoms with Gasteiger partial charge in [-0.05, 0) is 32.3 Å². The molecule has 19 heavy (non-hydrogen) atoms. The molecule has 1 aliphatic rings. The lowest BCUT2D eigenvalue weighted by atomic mass is 10.1. The standard InChI is InChI=1S/C13H16N4OS/c1-7-8(2)19-13-10(7)11(15-6-16-13)17-9-4-3-5-14-12(9)18/h6,9H,3-5H2,1-2H3,(H,14,18)(H,15,16,17). The highest BCUT2D eigenvalue weighted by Crippen LogP contribution is 2.32. The molecule has 0 saturated carbocycles. The molecular formula is C13H16N4OS. The number of piperidine rings is 1. The molecule has 1 aliphatic heterocycles. The van der Waals surface area contributed by atoms with Crippen LogP contribution in [-0.4, -0.2) is 28.5 Å². The number of hydrogen-bond acceptors (Lipinski definition) is 5. The summed E-state index contributed by atoms with van der Waals surface area (Å²) in [5, 5.41) is 7.19. The Bertz CT molecular complexity index is 637. The predicted molar refractivity (Wildman–Crippen MR) is 76.5 cm³/mol. The Hall–Kier alpha value is -1.69. The maximum atomic E-state index is 11.8. The highest BCUT2D eigenvalue weighted by Gasteiger charge is 2.23. The van der Waals surface area contributed by atoms with Crippen LogP contribution >= 0.6 is 11.3 Å². The molecular weight excluding hydrogens is 260 g/mol. The normalized spacial score (nSPS) is 19.5. The van der Waals surface area contributed by atoms with Crippen molar-refractivity contribution in [3.05, 3.63) is 16.8 Å². The highest BCUT2D eigenvalue weighted by atomic mass is 32.1. The van der Waals surface area contributed by atoms with Gasteiger partial charge in [0.15, 0.2) is 0 Å². The fourth-order valence-corrected chi connectivity index (χ4v) is 3.36. The molecule has 100 valence electrons. The second kappa shape index (κ2) is 4.77. The molecule has 0 aliphatic carbocycles. The van der Waals surface area contributed by atoms with E-state index in [1.54, 1.807) is 17.7 Å². The van der Waals surface area contributed by atoms with Gasteiger partial charge in [0.1, 0.15) is 23.0 Å². The zero-order valence-electron chi connectivity index (χ0n) is 11.0. The summed E-state index contributed by atoms with van der Waals surface area (Å²) < 4.78 is 0. The maximum Gasteiger partial charge on any atom is 0.242 e. The zero-order chi connectivity index (χ0) is 13.4. The zero-order valence-corrected chi connectivity index (χ0v) is 11.8. The summed E-state index contributed by atoms with van der Waals surface area (Å²) in [6, 6.07) is -0.188. The minimum Gasteiger partial charge on any atom is -0.358 e. The van der Waals surface area contributed by atoms with Gasteiger partial charge in [-0.3, -0.25) is 4.79 Å². The lowest BCUT2D eigenvalue weighted by Gasteiger charge is -2.23. The third-order valence-electron chi connectivity index (χ3n) is 3.56. The van der Waals surface area contributed by atoms with Crippen LogP contribution in [0.4, 0.5) is 5.82 Å². The number of carbonyl (C=O) groups is 1. The van der Waals surface area contributed by atoms with Crippen LogP contribution in [0.5, 0.6) is 0 Å². The first-order chi connectivity index (χ1) is 9.16. The van der Waals surface area contributed by atoms with E-state index >= 15 is 0 Å². The number of carbonyl (C=O) groups excluding carboxylic acids is 1. The van der Waals surface area contributed by atoms with E-state index in [4.69, 9.17) is 0 Å². The summed E-state index contributed by atoms with van der Waals surface area (Å²) >= 11 is 1.66. The Balaban J connectivity index is 1.98. The third kappa shape index (κ3) is 2.16. The van der Waals surface area contributed by atoms with Crippen LogP contribution in [0.15, 0.2) is 6.33 Å². The van der Waals surface area contributed by atoms with Crippen molar-refractivity contribution in [1.29, 1.82) is 0 Å². The second-order valence-corrected chi connectivity index (χ2v) is 6.02. The fourth-order valence-electron chi connectivity index (χ4n) is 2.37. The molecule has 3 rings (SSSR count). The van der Waals surface area contributed by atoms with Gasteiger partial charge in [-0.2, -0.15) is 0 Å². The predicted octanol–water partition coefficient (Wildman–Crippen LogP) is 2.00. The molecule has 1 amide bonds. The van der Waals surface area contributed by atoms with Crippen molar-refractivity contribution in [1.82, 2.24) is 15.3 Å². The van der Waals surface area contributed by atoms with Crippen LogP contribution < -0.4 is 10.6 Å². The van der Waals surface area contributed by atoms with Crippen LogP contribution in [0.2, 0.25) is 0 Å². The lowest BCUT2D eigenvalue weighted by Crippen LogP contribution is -2.44. The minimum absolute atomic E-state index is 0.0580. The smallest absolute Gasteiger partial charge is 0.242 e. The average Bonchev–Trinajstić information content (AvgIpc) is 2.69. The van der Waals surface area contributed by atoms with Gasteiger partial charge in [0.25, 0.3) is 0 Å². The van der Waals surface area contributed by atoms with E-state index in [2.05, 4.69) is 34.4 Å². The van der Waals surface area contributed by atoms with Crippen LogP contribution in [0.25, 0.3) is 10.2 Å². The van der Waals surface area contributed by atoms with Crippen molar-refractivity contribution in [2.75, 3.05) is 11.9 Å². The van der Waals surface area contributed by atoms with Gasteiger partial charge < -0.3 is 10.6 Å². The van der Waals surface area contributed by atoms with Gasteiger partial charge in [0.05, 0.1) is 5.39 Å². The largest absolute Gasteiger partial charge is 0.358 e. The van der Waals surface area contributed by atoms with Crippen LogP contribution in [0, 0.1) is 13.8 Å². The van der Waals surface area contributed by atoms with E-state index in [9.17, 15) is 4.79 Å². The summed E-state index contributed by atoms with van der Waals surface area (Å²) in [6.45, 7) is 4.93. The van der Waals surface area contributed by atoms with E-state index in [0.717, 1.165) is 35.4 Å². The number of aromatic nitrogens is 2. The van der Waals surface area contributed by atoms with Crippen molar-refractivity contribution in [3.8, 4) is 0 Å². The van der Waals surface area contributed by atoms with Crippen molar-refractivity contribution in [2.45, 2.75) is 32.7 Å². The van der Waals surface area contributed by atoms with E-state index in [1.165, 1.54) is 10.4 Å². The summed E-state index contributed by atoms with van der Waals surface area (Å²) in [5.74, 6) is 0.830. The summed E-state index contributed by atoms with van der Waals surface area (Å²) in [6.07, 6.45) is 3.40. The molecule has 1 unspecified atom stereocenters. The molecule has 5 nitrogen and oxygen atoms in total. The first-order valence-corrected chi connectivity index (χ1v) is 7.23. The van der Waals surface area contributed by atoms with Crippen LogP contribution in [-0.2, 0) is 4.79 Å². The van der Waals surface area contributed by atoms with Gasteiger partial charge in [-0.1, -0.05) is 0 Å². The van der Waals surface area contributed by atoms with Gasteiger partial charge >= 0.3 is 0 Å². The molecule has 6 heteroatoms. The number of aryl methyl sites for hydroxylation is 2. The fraction of sp³-hybridized carbons (Fsp3) is 0.462. The monoisotopic (exact) mass is 276 g/mol. The Morgan fingerprint density at radius 3 is 3.05 bits per heavy atom. The number of anilines is 1. The highest BCUT2D eigenvalue weighted by molar-refractivity contribution is 7.18. The second-order valence-electron chi connectivity index (χ2n) is 4.82. The first kappa shape index (κ1) is 12.3. The quantitative estimate of drug-likeness (QED) is 0.880. The van der Waals surface area contributed by atoms with E-state index in [-0.39, 0.29) is 11.9 Å². The molecule has 2 aromatic heterocycles. The molecule has 2 N–H and O–H groups in total. The van der Waals surface area contributed by atoms with Gasteiger partial charge in [0, 0.05) is 11.4 Å². The van der Waals surface area contributed by atoms with Crippen LogP contribution in [0.1, 0.15) is 23.3 Å². The Labute approximate surface area is 115 Å². The molecule has 0 radical (unpaired) electrons. The van der Waals surface area contributed by atoms with E-state index < -0.39 is 0 Å². The number of rotatable bonds is 2. The Kier molecular flexibility index (Phi) is 3.10. The van der Waals surface area contributed by atoms with E-state index in [1.807, 2.05) is 0 Å². The van der Waals surface area contributed by atoms with Gasteiger partial charge in [0.2, 0.25) is 5.91 Å². The topological polar surface area (TPSA) is 66.9 Å². The van der Waals surface area contributed by atoms with Crippen LogP contribution in [0.3, 0.4) is 0 Å². The Morgan fingerprint density at radius 1 is 1.42 bits per heavy atom. The number of nitrogens with zero attached hydrogens (tertiary/aromatic N) is 2. The number of amides is 1. The first-order valence-electron chi connectivity index (χ1n) is 6.42. The number of thiophene rings is 1. The molecule has 2 aromatic rings. The van der Waals surface area contributed by atoms with Crippen molar-refractivity contribution in [3.63, 3.8) is 0 Å². The lowest BCUT2D eigenvalue weighted by molar-refractivity contribution is -0.123. The molecule has 0 spiro atoms. The number of hydrogen-bond donors (Lipinski definition) is 2. The van der Waals surface area contributed by atoms with Crippen molar-refractivity contribution in [2.24, 2.45) is 0 Å². The van der Waals surface area contributed by atoms with Crippen molar-refractivity contribution < 1.29 is 4.79 Å². The number of nitrogens with one attached hydrogen (secondary N) is 2. The summed E-state index contributed by atoms with van der Waals surface area (Å²) in [5.41, 5.74) is 1.19. The summed E-state index contributed by atoms with van der Waals surface area (Å²) in [7, 11) is 0. The molecule has 1 fully saturated rings. The number of fused-ring (bicyclic) bond motifs is 1. The molecule has 1 atom stereocenters. The average molecular weight is 276 g/mol.